The molecule has 6 nitrogen and oxygen atoms in total. The van der Waals surface area contributed by atoms with E-state index in [2.05, 4.69) is 20.3 Å². The summed E-state index contributed by atoms with van der Waals surface area (Å²) in [6.07, 6.45) is 4.81. The first-order chi connectivity index (χ1) is 11.5. The molecular weight excluding hydrogens is 348 g/mol. The van der Waals surface area contributed by atoms with Gasteiger partial charge in [-0.15, -0.1) is 0 Å². The molecule has 3 N–H and O–H groups in total. The molecule has 0 radical (unpaired) electrons. The Morgan fingerprint density at radius 3 is 2.75 bits per heavy atom. The van der Waals surface area contributed by atoms with Crippen molar-refractivity contribution >= 4 is 27.6 Å². The topological polar surface area (TPSA) is 82.6 Å². The van der Waals surface area contributed by atoms with E-state index >= 15 is 0 Å². The van der Waals surface area contributed by atoms with E-state index in [1.807, 2.05) is 6.92 Å². The lowest BCUT2D eigenvalue weighted by Crippen LogP contribution is -2.42. The summed E-state index contributed by atoms with van der Waals surface area (Å²) >= 11 is 5.84. The van der Waals surface area contributed by atoms with Gasteiger partial charge in [0.1, 0.15) is 0 Å². The summed E-state index contributed by atoms with van der Waals surface area (Å²) in [4.78, 5) is 4.59. The van der Waals surface area contributed by atoms with Crippen LogP contribution in [-0.4, -0.2) is 40.1 Å². The zero-order valence-electron chi connectivity index (χ0n) is 13.9. The molecule has 1 aliphatic rings. The summed E-state index contributed by atoms with van der Waals surface area (Å²) in [5.74, 6) is 0.742. The van der Waals surface area contributed by atoms with Crippen molar-refractivity contribution in [3.05, 3.63) is 29.3 Å². The molecule has 24 heavy (non-hydrogen) atoms. The average molecular weight is 373 g/mol. The fourth-order valence-electron chi connectivity index (χ4n) is 2.65. The number of rotatable bonds is 7. The van der Waals surface area contributed by atoms with Gasteiger partial charge >= 0.3 is 0 Å². The van der Waals surface area contributed by atoms with Crippen molar-refractivity contribution < 1.29 is 8.42 Å². The Hall–Kier alpha value is -1.31. The Labute approximate surface area is 149 Å². The maximum absolute atomic E-state index is 12.2. The van der Waals surface area contributed by atoms with E-state index < -0.39 is 10.0 Å². The summed E-state index contributed by atoms with van der Waals surface area (Å²) in [5, 5.41) is 6.98. The van der Waals surface area contributed by atoms with Gasteiger partial charge in [-0.3, -0.25) is 4.99 Å². The minimum atomic E-state index is -3.56. The molecule has 0 aromatic heterocycles. The Morgan fingerprint density at radius 1 is 1.33 bits per heavy atom. The van der Waals surface area contributed by atoms with Crippen LogP contribution >= 0.6 is 11.6 Å². The zero-order chi connectivity index (χ0) is 17.4. The summed E-state index contributed by atoms with van der Waals surface area (Å²) in [6.45, 7) is 3.37. The molecule has 0 unspecified atom stereocenters. The third-order valence-electron chi connectivity index (χ3n) is 3.82. The number of sulfonamides is 1. The highest BCUT2D eigenvalue weighted by Crippen LogP contribution is 2.17. The molecule has 0 atom stereocenters. The second-order valence-electron chi connectivity index (χ2n) is 5.74. The number of halogens is 1. The molecule has 0 aliphatic heterocycles. The van der Waals surface area contributed by atoms with E-state index in [0.717, 1.165) is 25.3 Å². The Morgan fingerprint density at radius 2 is 2.08 bits per heavy atom. The highest BCUT2D eigenvalue weighted by Gasteiger charge is 2.16. The van der Waals surface area contributed by atoms with Gasteiger partial charge in [-0.25, -0.2) is 13.1 Å². The number of benzene rings is 1. The number of guanidine groups is 1. The molecule has 1 saturated carbocycles. The minimum Gasteiger partial charge on any atom is -0.357 e. The van der Waals surface area contributed by atoms with Crippen LogP contribution in [0.5, 0.6) is 0 Å². The zero-order valence-corrected chi connectivity index (χ0v) is 15.5. The Balaban J connectivity index is 1.86. The predicted octanol–water partition coefficient (Wildman–Crippen LogP) is 2.12. The van der Waals surface area contributed by atoms with Gasteiger partial charge in [0.05, 0.1) is 11.4 Å². The van der Waals surface area contributed by atoms with Crippen LogP contribution in [0.15, 0.2) is 34.2 Å². The first-order valence-corrected chi connectivity index (χ1v) is 10.2. The smallest absolute Gasteiger partial charge is 0.240 e. The lowest BCUT2D eigenvalue weighted by Gasteiger charge is -2.16. The van der Waals surface area contributed by atoms with Gasteiger partial charge in [0, 0.05) is 24.2 Å². The van der Waals surface area contributed by atoms with Crippen LogP contribution in [0.4, 0.5) is 0 Å². The van der Waals surface area contributed by atoms with E-state index in [0.29, 0.717) is 17.6 Å². The summed E-state index contributed by atoms with van der Waals surface area (Å²) in [5.41, 5.74) is 0. The average Bonchev–Trinajstić information content (AvgIpc) is 3.05. The van der Waals surface area contributed by atoms with Crippen LogP contribution in [0, 0.1) is 0 Å². The van der Waals surface area contributed by atoms with Crippen molar-refractivity contribution in [2.75, 3.05) is 19.6 Å². The largest absolute Gasteiger partial charge is 0.357 e. The van der Waals surface area contributed by atoms with Gasteiger partial charge in [0.15, 0.2) is 5.96 Å². The fourth-order valence-corrected chi connectivity index (χ4v) is 3.97. The van der Waals surface area contributed by atoms with Gasteiger partial charge in [-0.05, 0) is 38.0 Å². The number of aliphatic imine (C=N–C) groups is 1. The quantitative estimate of drug-likeness (QED) is 0.389. The molecule has 8 heteroatoms. The van der Waals surface area contributed by atoms with Gasteiger partial charge < -0.3 is 10.6 Å². The van der Waals surface area contributed by atoms with Crippen LogP contribution in [0.1, 0.15) is 32.6 Å². The van der Waals surface area contributed by atoms with Crippen LogP contribution < -0.4 is 15.4 Å². The summed E-state index contributed by atoms with van der Waals surface area (Å²) in [6, 6.07) is 6.67. The van der Waals surface area contributed by atoms with Gasteiger partial charge in [-0.2, -0.15) is 0 Å². The minimum absolute atomic E-state index is 0.162. The summed E-state index contributed by atoms with van der Waals surface area (Å²) < 4.78 is 26.9. The number of hydrogen-bond acceptors (Lipinski definition) is 3. The van der Waals surface area contributed by atoms with Gasteiger partial charge in [0.25, 0.3) is 0 Å². The van der Waals surface area contributed by atoms with Gasteiger partial charge in [-0.1, -0.05) is 30.5 Å². The number of nitrogens with zero attached hydrogens (tertiary/aromatic N) is 1. The van der Waals surface area contributed by atoms with Crippen molar-refractivity contribution in [2.24, 2.45) is 4.99 Å². The lowest BCUT2D eigenvalue weighted by molar-refractivity contribution is 0.581. The molecule has 0 spiro atoms. The van der Waals surface area contributed by atoms with E-state index in [1.165, 1.54) is 25.0 Å². The fraction of sp³-hybridized carbons (Fsp3) is 0.562. The van der Waals surface area contributed by atoms with Gasteiger partial charge in [0.2, 0.25) is 10.0 Å². The molecule has 134 valence electrons. The van der Waals surface area contributed by atoms with Crippen LogP contribution in [0.2, 0.25) is 5.02 Å². The second kappa shape index (κ2) is 9.25. The second-order valence-corrected chi connectivity index (χ2v) is 7.94. The monoisotopic (exact) mass is 372 g/mol. The van der Waals surface area contributed by atoms with Crippen LogP contribution in [0.3, 0.4) is 0 Å². The normalized spacial score (nSPS) is 16.3. The van der Waals surface area contributed by atoms with E-state index in [4.69, 9.17) is 11.6 Å². The van der Waals surface area contributed by atoms with E-state index in [1.54, 1.807) is 12.1 Å². The lowest BCUT2D eigenvalue weighted by atomic mass is 10.2. The van der Waals surface area contributed by atoms with Crippen molar-refractivity contribution in [1.82, 2.24) is 15.4 Å². The molecule has 1 fully saturated rings. The highest BCUT2D eigenvalue weighted by molar-refractivity contribution is 7.89. The number of nitrogens with one attached hydrogen (secondary N) is 3. The third-order valence-corrected chi connectivity index (χ3v) is 5.51. The molecule has 2 rings (SSSR count). The molecule has 0 bridgehead atoms. The van der Waals surface area contributed by atoms with E-state index in [9.17, 15) is 8.42 Å². The molecule has 1 aromatic carbocycles. The maximum atomic E-state index is 12.2. The number of hydrogen-bond donors (Lipinski definition) is 3. The van der Waals surface area contributed by atoms with Crippen LogP contribution in [-0.2, 0) is 10.0 Å². The molecule has 0 amide bonds. The summed E-state index contributed by atoms with van der Waals surface area (Å²) in [7, 11) is -3.56. The molecular formula is C16H25ClN4O2S. The molecule has 1 aromatic rings. The molecule has 1 aliphatic carbocycles. The molecule has 0 saturated heterocycles. The Kier molecular flexibility index (Phi) is 7.33. The molecule has 0 heterocycles. The van der Waals surface area contributed by atoms with Crippen molar-refractivity contribution in [3.63, 3.8) is 0 Å². The predicted molar refractivity (Wildman–Crippen MR) is 98.0 cm³/mol. The standard InChI is InChI=1S/C16H25ClN4O2S/c1-2-18-16(21-14-7-3-4-8-14)19-10-11-20-24(22,23)15-9-5-6-13(17)12-15/h5-6,9,12,14,20H,2-4,7-8,10-11H2,1H3,(H2,18,19,21). The third kappa shape index (κ3) is 5.96. The van der Waals surface area contributed by atoms with Crippen molar-refractivity contribution in [3.8, 4) is 0 Å². The van der Waals surface area contributed by atoms with Crippen molar-refractivity contribution in [2.45, 2.75) is 43.5 Å². The van der Waals surface area contributed by atoms with Crippen LogP contribution in [0.25, 0.3) is 0 Å². The Bertz CT molecular complexity index is 658. The van der Waals surface area contributed by atoms with Crippen molar-refractivity contribution in [1.29, 1.82) is 0 Å². The maximum Gasteiger partial charge on any atom is 0.240 e. The first kappa shape index (κ1) is 19.0. The SMILES string of the molecule is CCNC(=NCCNS(=O)(=O)c1cccc(Cl)c1)NC1CCCC1. The van der Waals surface area contributed by atoms with E-state index in [-0.39, 0.29) is 11.4 Å². The highest BCUT2D eigenvalue weighted by atomic mass is 35.5. The first-order valence-electron chi connectivity index (χ1n) is 8.31.